The van der Waals surface area contributed by atoms with Crippen LogP contribution in [0.25, 0.3) is 0 Å². The van der Waals surface area contributed by atoms with E-state index in [0.717, 1.165) is 12.5 Å². The van der Waals surface area contributed by atoms with Gasteiger partial charge in [0, 0.05) is 6.61 Å². The van der Waals surface area contributed by atoms with Crippen LogP contribution < -0.4 is 0 Å². The van der Waals surface area contributed by atoms with Crippen molar-refractivity contribution < 1.29 is 4.74 Å². The molecular weight excluding hydrogens is 156 g/mol. The molecule has 0 aromatic rings. The summed E-state index contributed by atoms with van der Waals surface area (Å²) < 4.78 is 5.45. The highest BCUT2D eigenvalue weighted by atomic mass is 32.2. The summed E-state index contributed by atoms with van der Waals surface area (Å²) in [6.45, 7) is 5.10. The average molecular weight is 174 g/mol. The molecule has 1 saturated heterocycles. The van der Waals surface area contributed by atoms with Crippen LogP contribution in [0.1, 0.15) is 26.7 Å². The van der Waals surface area contributed by atoms with Crippen LogP contribution >= 0.6 is 11.8 Å². The molecule has 1 unspecified atom stereocenters. The predicted octanol–water partition coefficient (Wildman–Crippen LogP) is 2.55. The van der Waals surface area contributed by atoms with Crippen LogP contribution in [0.5, 0.6) is 0 Å². The van der Waals surface area contributed by atoms with Crippen molar-refractivity contribution >= 4 is 11.8 Å². The minimum absolute atomic E-state index is 0.477. The van der Waals surface area contributed by atoms with Crippen molar-refractivity contribution in [2.45, 2.75) is 32.8 Å². The smallest absolute Gasteiger partial charge is 0.0547 e. The maximum absolute atomic E-state index is 5.45. The normalized spacial score (nSPS) is 21.3. The molecule has 11 heavy (non-hydrogen) atoms. The number of rotatable bonds is 5. The maximum atomic E-state index is 5.45. The van der Waals surface area contributed by atoms with Crippen LogP contribution in [-0.4, -0.2) is 24.2 Å². The van der Waals surface area contributed by atoms with Gasteiger partial charge in [0.1, 0.15) is 0 Å². The topological polar surface area (TPSA) is 9.23 Å². The van der Waals surface area contributed by atoms with Crippen molar-refractivity contribution in [1.29, 1.82) is 0 Å². The van der Waals surface area contributed by atoms with Gasteiger partial charge >= 0.3 is 0 Å². The molecule has 0 aromatic heterocycles. The molecule has 1 heterocycles. The summed E-state index contributed by atoms with van der Waals surface area (Å²) in [6.07, 6.45) is 3.10. The van der Waals surface area contributed by atoms with E-state index in [9.17, 15) is 0 Å². The Bertz CT molecular complexity index is 102. The fourth-order valence-corrected chi connectivity index (χ4v) is 2.19. The zero-order valence-electron chi connectivity index (χ0n) is 7.51. The van der Waals surface area contributed by atoms with Crippen LogP contribution in [0, 0.1) is 5.92 Å². The van der Waals surface area contributed by atoms with Gasteiger partial charge in [-0.2, -0.15) is 11.8 Å². The van der Waals surface area contributed by atoms with E-state index < -0.39 is 0 Å². The first-order valence-electron chi connectivity index (χ1n) is 4.52. The Hall–Kier alpha value is 0.310. The molecule has 0 saturated carbocycles. The molecule has 1 aliphatic rings. The van der Waals surface area contributed by atoms with Crippen molar-refractivity contribution in [3.05, 3.63) is 0 Å². The lowest BCUT2D eigenvalue weighted by atomic mass is 10.0. The molecule has 0 spiro atoms. The lowest BCUT2D eigenvalue weighted by Gasteiger charge is -2.25. The van der Waals surface area contributed by atoms with Crippen LogP contribution in [0.15, 0.2) is 0 Å². The second kappa shape index (κ2) is 5.04. The van der Waals surface area contributed by atoms with Crippen LogP contribution in [0.2, 0.25) is 0 Å². The summed E-state index contributed by atoms with van der Waals surface area (Å²) in [5.41, 5.74) is 0. The molecule has 0 amide bonds. The van der Waals surface area contributed by atoms with Crippen LogP contribution in [0.3, 0.4) is 0 Å². The zero-order chi connectivity index (χ0) is 8.10. The third-order valence-corrected chi connectivity index (χ3v) is 3.55. The summed E-state index contributed by atoms with van der Waals surface area (Å²) in [4.78, 5) is 0. The monoisotopic (exact) mass is 174 g/mol. The Morgan fingerprint density at radius 1 is 1.55 bits per heavy atom. The van der Waals surface area contributed by atoms with Crippen LogP contribution in [0.4, 0.5) is 0 Å². The molecule has 1 fully saturated rings. The van der Waals surface area contributed by atoms with E-state index in [1.54, 1.807) is 0 Å². The van der Waals surface area contributed by atoms with E-state index in [4.69, 9.17) is 4.74 Å². The molecule has 0 N–H and O–H groups in total. The standard InChI is InChI=1S/C9H18OS/c1-3-10-8(2)4-5-9-6-11-7-9/h8-9H,3-7H2,1-2H3. The van der Waals surface area contributed by atoms with E-state index in [1.807, 2.05) is 0 Å². The molecule has 1 rings (SSSR count). The van der Waals surface area contributed by atoms with Gasteiger partial charge in [-0.1, -0.05) is 0 Å². The van der Waals surface area contributed by atoms with Crippen molar-refractivity contribution in [2.75, 3.05) is 18.1 Å². The van der Waals surface area contributed by atoms with Crippen LogP contribution in [-0.2, 0) is 4.74 Å². The average Bonchev–Trinajstić information content (AvgIpc) is 1.85. The van der Waals surface area contributed by atoms with Crippen molar-refractivity contribution in [3.63, 3.8) is 0 Å². The molecule has 0 aromatic carbocycles. The first-order valence-corrected chi connectivity index (χ1v) is 5.67. The first-order chi connectivity index (χ1) is 5.33. The Kier molecular flexibility index (Phi) is 4.31. The first kappa shape index (κ1) is 9.40. The molecule has 1 aliphatic heterocycles. The lowest BCUT2D eigenvalue weighted by molar-refractivity contribution is 0.0664. The van der Waals surface area contributed by atoms with Crippen molar-refractivity contribution in [2.24, 2.45) is 5.92 Å². The third kappa shape index (κ3) is 3.48. The molecule has 0 radical (unpaired) electrons. The van der Waals surface area contributed by atoms with Crippen molar-refractivity contribution in [3.8, 4) is 0 Å². The summed E-state index contributed by atoms with van der Waals surface area (Å²) >= 11 is 2.07. The molecule has 1 nitrogen and oxygen atoms in total. The Balaban J connectivity index is 1.92. The number of ether oxygens (including phenoxy) is 1. The highest BCUT2D eigenvalue weighted by Crippen LogP contribution is 2.28. The Morgan fingerprint density at radius 3 is 2.73 bits per heavy atom. The predicted molar refractivity (Wildman–Crippen MR) is 51.1 cm³/mol. The largest absolute Gasteiger partial charge is 0.379 e. The molecular formula is C9H18OS. The fourth-order valence-electron chi connectivity index (χ4n) is 1.29. The van der Waals surface area contributed by atoms with Gasteiger partial charge in [0.25, 0.3) is 0 Å². The highest BCUT2D eigenvalue weighted by Gasteiger charge is 2.18. The number of thioether (sulfide) groups is 1. The molecule has 2 heteroatoms. The van der Waals surface area contributed by atoms with Crippen molar-refractivity contribution in [1.82, 2.24) is 0 Å². The van der Waals surface area contributed by atoms with Gasteiger partial charge in [-0.05, 0) is 44.1 Å². The summed E-state index contributed by atoms with van der Waals surface area (Å²) in [5, 5.41) is 0. The molecule has 1 atom stereocenters. The van der Waals surface area contributed by atoms with Gasteiger partial charge in [-0.3, -0.25) is 0 Å². The van der Waals surface area contributed by atoms with E-state index in [2.05, 4.69) is 25.6 Å². The minimum atomic E-state index is 0.477. The molecule has 66 valence electrons. The second-order valence-electron chi connectivity index (χ2n) is 3.25. The van der Waals surface area contributed by atoms with Gasteiger partial charge in [0.2, 0.25) is 0 Å². The van der Waals surface area contributed by atoms with E-state index in [-0.39, 0.29) is 0 Å². The molecule has 0 bridgehead atoms. The van der Waals surface area contributed by atoms with E-state index in [0.29, 0.717) is 6.10 Å². The van der Waals surface area contributed by atoms with E-state index in [1.165, 1.54) is 24.3 Å². The maximum Gasteiger partial charge on any atom is 0.0547 e. The zero-order valence-corrected chi connectivity index (χ0v) is 8.32. The van der Waals surface area contributed by atoms with Gasteiger partial charge in [-0.15, -0.1) is 0 Å². The lowest BCUT2D eigenvalue weighted by Crippen LogP contribution is -2.20. The van der Waals surface area contributed by atoms with Gasteiger partial charge in [0.15, 0.2) is 0 Å². The highest BCUT2D eigenvalue weighted by molar-refractivity contribution is 8.00. The number of hydrogen-bond acceptors (Lipinski definition) is 2. The minimum Gasteiger partial charge on any atom is -0.379 e. The van der Waals surface area contributed by atoms with E-state index >= 15 is 0 Å². The van der Waals surface area contributed by atoms with Gasteiger partial charge < -0.3 is 4.74 Å². The fraction of sp³-hybridized carbons (Fsp3) is 1.00. The number of hydrogen-bond donors (Lipinski definition) is 0. The quantitative estimate of drug-likeness (QED) is 0.633. The summed E-state index contributed by atoms with van der Waals surface area (Å²) in [7, 11) is 0. The van der Waals surface area contributed by atoms with Gasteiger partial charge in [-0.25, -0.2) is 0 Å². The SMILES string of the molecule is CCOC(C)CCC1CSC1. The summed E-state index contributed by atoms with van der Waals surface area (Å²) in [6, 6.07) is 0. The van der Waals surface area contributed by atoms with Gasteiger partial charge in [0.05, 0.1) is 6.10 Å². The molecule has 0 aliphatic carbocycles. The third-order valence-electron chi connectivity index (χ3n) is 2.14. The Morgan fingerprint density at radius 2 is 2.27 bits per heavy atom. The second-order valence-corrected chi connectivity index (χ2v) is 4.32. The Labute approximate surface area is 73.9 Å². The summed E-state index contributed by atoms with van der Waals surface area (Å²) in [5.74, 6) is 3.78.